The molecule has 2 aromatic carbocycles. The van der Waals surface area contributed by atoms with Gasteiger partial charge in [0.15, 0.2) is 11.5 Å². The molecule has 1 unspecified atom stereocenters. The summed E-state index contributed by atoms with van der Waals surface area (Å²) in [7, 11) is 1.51. The number of methoxy groups -OCH3 is 1. The van der Waals surface area contributed by atoms with Gasteiger partial charge in [-0.3, -0.25) is 0 Å². The largest absolute Gasteiger partial charge is 0.504 e. The van der Waals surface area contributed by atoms with Crippen LogP contribution in [0.1, 0.15) is 24.1 Å². The second kappa shape index (κ2) is 6.38. The van der Waals surface area contributed by atoms with E-state index in [4.69, 9.17) is 21.6 Å². The Hall–Kier alpha value is -2.38. The zero-order valence-electron chi connectivity index (χ0n) is 11.7. The van der Waals surface area contributed by atoms with Crippen LogP contribution in [0.2, 0.25) is 5.02 Å². The van der Waals surface area contributed by atoms with E-state index in [-0.39, 0.29) is 11.8 Å². The molecule has 2 aromatic rings. The maximum absolute atomic E-state index is 9.61. The second-order valence-corrected chi connectivity index (χ2v) is 5.01. The molecule has 108 valence electrons. The maximum atomic E-state index is 9.61. The van der Waals surface area contributed by atoms with E-state index in [0.717, 1.165) is 11.3 Å². The van der Waals surface area contributed by atoms with E-state index in [1.807, 2.05) is 19.1 Å². The number of phenols is 1. The Bertz CT molecular complexity index is 695. The summed E-state index contributed by atoms with van der Waals surface area (Å²) in [6.45, 7) is 1.98. The van der Waals surface area contributed by atoms with Gasteiger partial charge in [-0.05, 0) is 42.8 Å². The van der Waals surface area contributed by atoms with Gasteiger partial charge in [-0.2, -0.15) is 5.26 Å². The fourth-order valence-corrected chi connectivity index (χ4v) is 2.22. The summed E-state index contributed by atoms with van der Waals surface area (Å²) >= 11 is 6.01. The van der Waals surface area contributed by atoms with E-state index in [1.54, 1.807) is 30.3 Å². The first-order chi connectivity index (χ1) is 10.0. The number of halogens is 1. The van der Waals surface area contributed by atoms with Crippen LogP contribution in [0, 0.1) is 11.3 Å². The monoisotopic (exact) mass is 302 g/mol. The summed E-state index contributed by atoms with van der Waals surface area (Å²) in [5, 5.41) is 22.2. The van der Waals surface area contributed by atoms with E-state index < -0.39 is 0 Å². The molecule has 2 N–H and O–H groups in total. The van der Waals surface area contributed by atoms with Crippen molar-refractivity contribution in [2.24, 2.45) is 0 Å². The van der Waals surface area contributed by atoms with Crippen molar-refractivity contribution in [2.75, 3.05) is 12.4 Å². The van der Waals surface area contributed by atoms with E-state index >= 15 is 0 Å². The van der Waals surface area contributed by atoms with Crippen LogP contribution in [0.15, 0.2) is 36.4 Å². The number of anilines is 1. The molecule has 0 aromatic heterocycles. The minimum Gasteiger partial charge on any atom is -0.504 e. The van der Waals surface area contributed by atoms with Gasteiger partial charge in [0.05, 0.1) is 17.7 Å². The minimum atomic E-state index is -0.0106. The number of phenolic OH excluding ortho intramolecular Hbond substituents is 1. The summed E-state index contributed by atoms with van der Waals surface area (Å²) in [6, 6.07) is 12.4. The molecule has 0 saturated carbocycles. The number of aromatic hydroxyl groups is 1. The summed E-state index contributed by atoms with van der Waals surface area (Å²) in [5.41, 5.74) is 2.23. The van der Waals surface area contributed by atoms with Crippen LogP contribution in [0.5, 0.6) is 11.5 Å². The molecular weight excluding hydrogens is 288 g/mol. The molecule has 2 rings (SSSR count). The van der Waals surface area contributed by atoms with Crippen molar-refractivity contribution >= 4 is 17.3 Å². The molecule has 5 heteroatoms. The fourth-order valence-electron chi connectivity index (χ4n) is 1.99. The van der Waals surface area contributed by atoms with Crippen molar-refractivity contribution < 1.29 is 9.84 Å². The molecule has 21 heavy (non-hydrogen) atoms. The number of benzene rings is 2. The molecule has 0 saturated heterocycles. The highest BCUT2D eigenvalue weighted by atomic mass is 35.5. The Labute approximate surface area is 128 Å². The van der Waals surface area contributed by atoms with Gasteiger partial charge in [-0.25, -0.2) is 0 Å². The van der Waals surface area contributed by atoms with Crippen molar-refractivity contribution in [1.82, 2.24) is 0 Å². The Morgan fingerprint density at radius 1 is 1.29 bits per heavy atom. The van der Waals surface area contributed by atoms with Gasteiger partial charge in [0.1, 0.15) is 6.07 Å². The summed E-state index contributed by atoms with van der Waals surface area (Å²) in [5.74, 6) is 0.536. The van der Waals surface area contributed by atoms with Gasteiger partial charge in [0.2, 0.25) is 0 Å². The van der Waals surface area contributed by atoms with Crippen LogP contribution in [0.4, 0.5) is 5.69 Å². The van der Waals surface area contributed by atoms with E-state index in [9.17, 15) is 5.11 Å². The molecule has 0 aliphatic carbocycles. The van der Waals surface area contributed by atoms with E-state index in [0.29, 0.717) is 16.3 Å². The lowest BCUT2D eigenvalue weighted by Gasteiger charge is -2.17. The molecule has 0 heterocycles. The first-order valence-electron chi connectivity index (χ1n) is 6.38. The number of rotatable bonds is 4. The highest BCUT2D eigenvalue weighted by Crippen LogP contribution is 2.30. The zero-order chi connectivity index (χ0) is 15.4. The van der Waals surface area contributed by atoms with Gasteiger partial charge in [-0.1, -0.05) is 17.7 Å². The van der Waals surface area contributed by atoms with Crippen molar-refractivity contribution in [3.8, 4) is 17.6 Å². The molecule has 0 aliphatic rings. The minimum absolute atomic E-state index is 0.0106. The smallest absolute Gasteiger partial charge is 0.160 e. The van der Waals surface area contributed by atoms with Gasteiger partial charge < -0.3 is 15.2 Å². The number of hydrogen-bond donors (Lipinski definition) is 2. The quantitative estimate of drug-likeness (QED) is 0.892. The molecule has 0 spiro atoms. The number of nitrogens with zero attached hydrogens (tertiary/aromatic N) is 1. The van der Waals surface area contributed by atoms with Gasteiger partial charge in [0.25, 0.3) is 0 Å². The number of hydrogen-bond acceptors (Lipinski definition) is 4. The van der Waals surface area contributed by atoms with E-state index in [1.165, 1.54) is 7.11 Å². The van der Waals surface area contributed by atoms with Crippen LogP contribution in [-0.4, -0.2) is 12.2 Å². The second-order valence-electron chi connectivity index (χ2n) is 4.60. The third-order valence-electron chi connectivity index (χ3n) is 3.18. The summed E-state index contributed by atoms with van der Waals surface area (Å²) < 4.78 is 5.10. The van der Waals surface area contributed by atoms with Crippen LogP contribution >= 0.6 is 11.6 Å². The Morgan fingerprint density at radius 3 is 2.67 bits per heavy atom. The first-order valence-corrected chi connectivity index (χ1v) is 6.76. The zero-order valence-corrected chi connectivity index (χ0v) is 12.5. The molecule has 0 aliphatic heterocycles. The van der Waals surface area contributed by atoms with Crippen LogP contribution in [-0.2, 0) is 0 Å². The Balaban J connectivity index is 2.20. The van der Waals surface area contributed by atoms with Crippen molar-refractivity contribution in [1.29, 1.82) is 5.26 Å². The molecule has 1 atom stereocenters. The number of ether oxygens (including phenoxy) is 1. The van der Waals surface area contributed by atoms with Crippen molar-refractivity contribution in [2.45, 2.75) is 13.0 Å². The lowest BCUT2D eigenvalue weighted by atomic mass is 10.1. The molecule has 0 amide bonds. The third-order valence-corrected chi connectivity index (χ3v) is 3.49. The summed E-state index contributed by atoms with van der Waals surface area (Å²) in [6.07, 6.45) is 0. The standard InChI is InChI=1S/C16H15ClN2O2/c1-10(11-4-6-15(20)16(7-11)21-2)19-13-5-3-12(9-18)14(17)8-13/h3-8,10,19-20H,1-2H3. The average Bonchev–Trinajstić information content (AvgIpc) is 2.48. The third kappa shape index (κ3) is 3.39. The van der Waals surface area contributed by atoms with Gasteiger partial charge >= 0.3 is 0 Å². The SMILES string of the molecule is COc1cc(C(C)Nc2ccc(C#N)c(Cl)c2)ccc1O. The van der Waals surface area contributed by atoms with Crippen LogP contribution in [0.25, 0.3) is 0 Å². The van der Waals surface area contributed by atoms with Crippen molar-refractivity contribution in [3.05, 3.63) is 52.5 Å². The molecular formula is C16H15ClN2O2. The predicted molar refractivity (Wildman–Crippen MR) is 82.9 cm³/mol. The molecule has 0 fully saturated rings. The van der Waals surface area contributed by atoms with E-state index in [2.05, 4.69) is 5.32 Å². The predicted octanol–water partition coefficient (Wildman–Crippen LogP) is 4.10. The topological polar surface area (TPSA) is 65.3 Å². The lowest BCUT2D eigenvalue weighted by molar-refractivity contribution is 0.373. The fraction of sp³-hybridized carbons (Fsp3) is 0.188. The Morgan fingerprint density at radius 2 is 2.05 bits per heavy atom. The molecule has 0 bridgehead atoms. The normalized spacial score (nSPS) is 11.5. The number of nitriles is 1. The molecule has 4 nitrogen and oxygen atoms in total. The van der Waals surface area contributed by atoms with Crippen LogP contribution < -0.4 is 10.1 Å². The maximum Gasteiger partial charge on any atom is 0.160 e. The van der Waals surface area contributed by atoms with Gasteiger partial charge in [0, 0.05) is 11.7 Å². The van der Waals surface area contributed by atoms with Crippen molar-refractivity contribution in [3.63, 3.8) is 0 Å². The highest BCUT2D eigenvalue weighted by molar-refractivity contribution is 6.32. The average molecular weight is 303 g/mol. The molecule has 0 radical (unpaired) electrons. The lowest BCUT2D eigenvalue weighted by Crippen LogP contribution is -2.06. The number of nitrogens with one attached hydrogen (secondary N) is 1. The summed E-state index contributed by atoms with van der Waals surface area (Å²) in [4.78, 5) is 0. The van der Waals surface area contributed by atoms with Gasteiger partial charge in [-0.15, -0.1) is 0 Å². The van der Waals surface area contributed by atoms with Crippen LogP contribution in [0.3, 0.4) is 0 Å². The highest BCUT2D eigenvalue weighted by Gasteiger charge is 2.10. The first kappa shape index (κ1) is 15.0. The Kier molecular flexibility index (Phi) is 4.56.